The number of amides is 2. The van der Waals surface area contributed by atoms with Gasteiger partial charge in [0.15, 0.2) is 0 Å². The van der Waals surface area contributed by atoms with Crippen LogP contribution >= 0.6 is 0 Å². The number of hydrazone groups is 1. The second-order valence-electron chi connectivity index (χ2n) is 8.14. The third-order valence-electron chi connectivity index (χ3n) is 5.54. The van der Waals surface area contributed by atoms with E-state index in [-0.39, 0.29) is 11.5 Å². The Morgan fingerprint density at radius 2 is 1.45 bits per heavy atom. The van der Waals surface area contributed by atoms with Gasteiger partial charge in [-0.3, -0.25) is 9.59 Å². The van der Waals surface area contributed by atoms with Crippen LogP contribution in [0.15, 0.2) is 84.0 Å². The Balaban J connectivity index is 1.57. The van der Waals surface area contributed by atoms with Gasteiger partial charge in [-0.15, -0.1) is 0 Å². The quantitative estimate of drug-likeness (QED) is 0.250. The SMILES string of the molecule is CC(C)C(NC(=O)c1ccccc1F)C(=O)N/N=C/c1c2ccccc2cc2ccccc12. The highest BCUT2D eigenvalue weighted by atomic mass is 19.1. The van der Waals surface area contributed by atoms with E-state index in [1.54, 1.807) is 26.1 Å². The number of hydrogen-bond donors (Lipinski definition) is 2. The summed E-state index contributed by atoms with van der Waals surface area (Å²) in [5, 5.41) is 11.0. The lowest BCUT2D eigenvalue weighted by Crippen LogP contribution is -2.48. The lowest BCUT2D eigenvalue weighted by molar-refractivity contribution is -0.123. The van der Waals surface area contributed by atoms with Crippen LogP contribution in [0.25, 0.3) is 21.5 Å². The fourth-order valence-corrected chi connectivity index (χ4v) is 3.82. The first-order valence-corrected chi connectivity index (χ1v) is 10.7. The number of carbonyl (C=O) groups excluding carboxylic acids is 2. The van der Waals surface area contributed by atoms with Crippen molar-refractivity contribution in [1.82, 2.24) is 10.7 Å². The molecule has 4 aromatic carbocycles. The first-order chi connectivity index (χ1) is 16.0. The molecule has 2 N–H and O–H groups in total. The summed E-state index contributed by atoms with van der Waals surface area (Å²) in [7, 11) is 0. The molecule has 0 saturated heterocycles. The molecule has 6 heteroatoms. The Morgan fingerprint density at radius 3 is 2.06 bits per heavy atom. The first-order valence-electron chi connectivity index (χ1n) is 10.7. The zero-order valence-corrected chi connectivity index (χ0v) is 18.4. The molecule has 0 fully saturated rings. The molecule has 33 heavy (non-hydrogen) atoms. The van der Waals surface area contributed by atoms with Crippen molar-refractivity contribution in [2.45, 2.75) is 19.9 Å². The van der Waals surface area contributed by atoms with Gasteiger partial charge in [0, 0.05) is 5.56 Å². The number of nitrogens with zero attached hydrogens (tertiary/aromatic N) is 1. The monoisotopic (exact) mass is 441 g/mol. The fourth-order valence-electron chi connectivity index (χ4n) is 3.82. The molecular weight excluding hydrogens is 417 g/mol. The summed E-state index contributed by atoms with van der Waals surface area (Å²) < 4.78 is 14.0. The van der Waals surface area contributed by atoms with Gasteiger partial charge in [0.1, 0.15) is 11.9 Å². The number of carbonyl (C=O) groups is 2. The van der Waals surface area contributed by atoms with E-state index < -0.39 is 23.7 Å². The van der Waals surface area contributed by atoms with E-state index in [0.29, 0.717) is 0 Å². The Hall–Kier alpha value is -4.06. The number of halogens is 1. The second-order valence-corrected chi connectivity index (χ2v) is 8.14. The minimum absolute atomic E-state index is 0.110. The van der Waals surface area contributed by atoms with Crippen LogP contribution in [0.1, 0.15) is 29.8 Å². The molecule has 0 aliphatic heterocycles. The lowest BCUT2D eigenvalue weighted by Gasteiger charge is -2.20. The number of fused-ring (bicyclic) bond motifs is 2. The van der Waals surface area contributed by atoms with Crippen molar-refractivity contribution in [1.29, 1.82) is 0 Å². The zero-order chi connectivity index (χ0) is 23.4. The van der Waals surface area contributed by atoms with E-state index in [9.17, 15) is 14.0 Å². The third-order valence-corrected chi connectivity index (χ3v) is 5.54. The first kappa shape index (κ1) is 22.1. The largest absolute Gasteiger partial charge is 0.340 e. The van der Waals surface area contributed by atoms with Gasteiger partial charge in [-0.05, 0) is 45.7 Å². The summed E-state index contributed by atoms with van der Waals surface area (Å²) in [4.78, 5) is 25.3. The average Bonchev–Trinajstić information content (AvgIpc) is 2.81. The van der Waals surface area contributed by atoms with Crippen molar-refractivity contribution in [2.24, 2.45) is 11.0 Å². The molecule has 0 saturated carbocycles. The van der Waals surface area contributed by atoms with Crippen LogP contribution < -0.4 is 10.7 Å². The lowest BCUT2D eigenvalue weighted by atomic mass is 9.97. The van der Waals surface area contributed by atoms with E-state index in [0.717, 1.165) is 27.1 Å². The Morgan fingerprint density at radius 1 is 0.879 bits per heavy atom. The summed E-state index contributed by atoms with van der Waals surface area (Å²) >= 11 is 0. The van der Waals surface area contributed by atoms with Crippen LogP contribution in [0.3, 0.4) is 0 Å². The fraction of sp³-hybridized carbons (Fsp3) is 0.148. The van der Waals surface area contributed by atoms with Gasteiger partial charge in [0.05, 0.1) is 11.8 Å². The van der Waals surface area contributed by atoms with Crippen LogP contribution in [0.2, 0.25) is 0 Å². The topological polar surface area (TPSA) is 70.6 Å². The van der Waals surface area contributed by atoms with Crippen molar-refractivity contribution in [3.05, 3.63) is 95.8 Å². The predicted octanol–water partition coefficient (Wildman–Crippen LogP) is 5.04. The molecule has 0 spiro atoms. The van der Waals surface area contributed by atoms with Crippen LogP contribution in [0, 0.1) is 11.7 Å². The van der Waals surface area contributed by atoms with Crippen molar-refractivity contribution >= 4 is 39.6 Å². The maximum Gasteiger partial charge on any atom is 0.262 e. The van der Waals surface area contributed by atoms with Crippen molar-refractivity contribution in [3.8, 4) is 0 Å². The summed E-state index contributed by atoms with van der Waals surface area (Å²) in [6.45, 7) is 3.60. The highest BCUT2D eigenvalue weighted by Crippen LogP contribution is 2.27. The van der Waals surface area contributed by atoms with E-state index in [2.05, 4.69) is 21.9 Å². The molecule has 0 radical (unpaired) electrons. The van der Waals surface area contributed by atoms with Gasteiger partial charge in [0.25, 0.3) is 11.8 Å². The van der Waals surface area contributed by atoms with Gasteiger partial charge in [0.2, 0.25) is 0 Å². The summed E-state index contributed by atoms with van der Waals surface area (Å²) in [5.74, 6) is -1.99. The van der Waals surface area contributed by atoms with Crippen LogP contribution in [-0.2, 0) is 4.79 Å². The van der Waals surface area contributed by atoms with Crippen LogP contribution in [0.5, 0.6) is 0 Å². The van der Waals surface area contributed by atoms with Gasteiger partial charge >= 0.3 is 0 Å². The molecule has 2 amide bonds. The Bertz CT molecular complexity index is 1310. The van der Waals surface area contributed by atoms with Crippen molar-refractivity contribution in [2.75, 3.05) is 0 Å². The van der Waals surface area contributed by atoms with Gasteiger partial charge in [-0.1, -0.05) is 74.5 Å². The van der Waals surface area contributed by atoms with Gasteiger partial charge in [-0.2, -0.15) is 5.10 Å². The number of benzene rings is 4. The molecular formula is C27H24FN3O2. The minimum Gasteiger partial charge on any atom is -0.340 e. The second kappa shape index (κ2) is 9.61. The minimum atomic E-state index is -0.876. The third kappa shape index (κ3) is 4.75. The van der Waals surface area contributed by atoms with E-state index >= 15 is 0 Å². The van der Waals surface area contributed by atoms with Crippen LogP contribution in [-0.4, -0.2) is 24.1 Å². The molecule has 4 aromatic rings. The van der Waals surface area contributed by atoms with Crippen molar-refractivity contribution < 1.29 is 14.0 Å². The van der Waals surface area contributed by atoms with Gasteiger partial charge < -0.3 is 5.32 Å². The summed E-state index contributed by atoms with van der Waals surface area (Å²) in [6, 6.07) is 22.9. The normalized spacial score (nSPS) is 12.4. The number of rotatable bonds is 6. The van der Waals surface area contributed by atoms with E-state index in [4.69, 9.17) is 0 Å². The Labute approximate surface area is 191 Å². The summed E-state index contributed by atoms with van der Waals surface area (Å²) in [5.41, 5.74) is 3.32. The maximum absolute atomic E-state index is 14.0. The molecule has 166 valence electrons. The maximum atomic E-state index is 14.0. The van der Waals surface area contributed by atoms with Crippen molar-refractivity contribution in [3.63, 3.8) is 0 Å². The molecule has 5 nitrogen and oxygen atoms in total. The molecule has 0 aromatic heterocycles. The predicted molar refractivity (Wildman–Crippen MR) is 130 cm³/mol. The average molecular weight is 442 g/mol. The highest BCUT2D eigenvalue weighted by molar-refractivity contribution is 6.13. The molecule has 1 unspecified atom stereocenters. The van der Waals surface area contributed by atoms with Gasteiger partial charge in [-0.25, -0.2) is 9.82 Å². The molecule has 1 atom stereocenters. The zero-order valence-electron chi connectivity index (χ0n) is 18.4. The number of nitrogens with one attached hydrogen (secondary N) is 2. The molecule has 0 aliphatic carbocycles. The molecule has 4 rings (SSSR count). The van der Waals surface area contributed by atoms with E-state index in [1.807, 2.05) is 48.5 Å². The number of hydrogen-bond acceptors (Lipinski definition) is 3. The highest BCUT2D eigenvalue weighted by Gasteiger charge is 2.25. The van der Waals surface area contributed by atoms with E-state index in [1.165, 1.54) is 18.2 Å². The molecule has 0 heterocycles. The Kier molecular flexibility index (Phi) is 6.45. The summed E-state index contributed by atoms with van der Waals surface area (Å²) in [6.07, 6.45) is 1.62. The molecule has 0 bridgehead atoms. The standard InChI is InChI=1S/C27H24FN3O2/c1-17(2)25(30-26(32)22-13-7-8-14-24(22)28)27(33)31-29-16-23-20-11-5-3-9-18(20)15-19-10-4-6-12-21(19)23/h3-17,25H,1-2H3,(H,30,32)(H,31,33)/b29-16+. The van der Waals surface area contributed by atoms with Crippen LogP contribution in [0.4, 0.5) is 4.39 Å². The smallest absolute Gasteiger partial charge is 0.262 e. The molecule has 0 aliphatic rings.